The molecule has 0 aliphatic heterocycles. The van der Waals surface area contributed by atoms with E-state index < -0.39 is 0 Å². The van der Waals surface area contributed by atoms with E-state index in [1.807, 2.05) is 31.2 Å². The molecule has 0 amide bonds. The van der Waals surface area contributed by atoms with Crippen molar-refractivity contribution in [3.63, 3.8) is 0 Å². The molecule has 3 rings (SSSR count). The quantitative estimate of drug-likeness (QED) is 0.362. The van der Waals surface area contributed by atoms with Crippen molar-refractivity contribution in [2.75, 3.05) is 0 Å². The lowest BCUT2D eigenvalue weighted by Gasteiger charge is -2.21. The lowest BCUT2D eigenvalue weighted by Crippen LogP contribution is -2.13. The lowest BCUT2D eigenvalue weighted by molar-refractivity contribution is 0.288. The van der Waals surface area contributed by atoms with E-state index in [9.17, 15) is 20.4 Å². The minimum atomic E-state index is -0.110. The number of hydrogen-bond donors (Lipinski definition) is 4. The first kappa shape index (κ1) is 22.3. The molecule has 31 heavy (non-hydrogen) atoms. The second-order valence-electron chi connectivity index (χ2n) is 8.40. The molecular weight excluding hydrogens is 392 g/mol. The molecule has 0 fully saturated rings. The van der Waals surface area contributed by atoms with Gasteiger partial charge >= 0.3 is 0 Å². The molecule has 2 atom stereocenters. The fourth-order valence-corrected chi connectivity index (χ4v) is 3.56. The summed E-state index contributed by atoms with van der Waals surface area (Å²) in [5.41, 5.74) is 3.63. The molecule has 0 bridgehead atoms. The Balaban J connectivity index is 1.58. The molecule has 0 radical (unpaired) electrons. The molecule has 0 aromatic heterocycles. The number of hydrogen-bond acceptors (Lipinski definition) is 5. The predicted octanol–water partition coefficient (Wildman–Crippen LogP) is 5.45. The molecule has 0 saturated heterocycles. The lowest BCUT2D eigenvalue weighted by atomic mass is 9.85. The van der Waals surface area contributed by atoms with Crippen molar-refractivity contribution in [2.45, 2.75) is 40.2 Å². The van der Waals surface area contributed by atoms with Crippen LogP contribution in [0.2, 0.25) is 0 Å². The fourth-order valence-electron chi connectivity index (χ4n) is 3.56. The largest absolute Gasteiger partial charge is 0.508 e. The summed E-state index contributed by atoms with van der Waals surface area (Å²) < 4.78 is 5.72. The van der Waals surface area contributed by atoms with Gasteiger partial charge in [-0.25, -0.2) is 0 Å². The number of phenols is 4. The van der Waals surface area contributed by atoms with Gasteiger partial charge in [0.1, 0.15) is 12.4 Å². The van der Waals surface area contributed by atoms with E-state index in [0.29, 0.717) is 17.6 Å². The van der Waals surface area contributed by atoms with Crippen LogP contribution in [0.25, 0.3) is 0 Å². The topological polar surface area (TPSA) is 90.2 Å². The van der Waals surface area contributed by atoms with Gasteiger partial charge in [-0.1, -0.05) is 38.1 Å². The normalized spacial score (nSPS) is 13.0. The van der Waals surface area contributed by atoms with Crippen LogP contribution in [0.3, 0.4) is 0 Å². The number of ether oxygens (including phenoxy) is 1. The molecule has 0 heterocycles. The maximum atomic E-state index is 10.4. The van der Waals surface area contributed by atoms with E-state index in [0.717, 1.165) is 35.1 Å². The highest BCUT2D eigenvalue weighted by molar-refractivity contribution is 5.43. The van der Waals surface area contributed by atoms with Gasteiger partial charge in [0.05, 0.1) is 0 Å². The van der Waals surface area contributed by atoms with E-state index in [2.05, 4.69) is 13.8 Å². The Labute approximate surface area is 183 Å². The minimum Gasteiger partial charge on any atom is -0.508 e. The van der Waals surface area contributed by atoms with Gasteiger partial charge in [-0.15, -0.1) is 0 Å². The minimum absolute atomic E-state index is 0.0946. The van der Waals surface area contributed by atoms with Crippen LogP contribution in [0.15, 0.2) is 54.6 Å². The molecule has 164 valence electrons. The highest BCUT2D eigenvalue weighted by Gasteiger charge is 2.16. The Morgan fingerprint density at radius 2 is 1.19 bits per heavy atom. The van der Waals surface area contributed by atoms with Gasteiger partial charge < -0.3 is 25.2 Å². The second-order valence-corrected chi connectivity index (χ2v) is 8.40. The first-order chi connectivity index (χ1) is 14.7. The maximum absolute atomic E-state index is 10.4. The van der Waals surface area contributed by atoms with Crippen molar-refractivity contribution in [3.05, 3.63) is 76.9 Å². The highest BCUT2D eigenvalue weighted by Crippen LogP contribution is 2.31. The zero-order valence-electron chi connectivity index (χ0n) is 18.2. The van der Waals surface area contributed by atoms with Crippen LogP contribution in [-0.2, 0) is 19.4 Å². The molecule has 3 aromatic rings. The van der Waals surface area contributed by atoms with E-state index in [4.69, 9.17) is 4.74 Å². The maximum Gasteiger partial charge on any atom is 0.161 e. The summed E-state index contributed by atoms with van der Waals surface area (Å²) >= 11 is 0. The third kappa shape index (κ3) is 5.85. The standard InChI is InChI=1S/C26H30O5/c1-16-4-5-21(14-23(16)28)15-31-26-9-7-20(13-25(26)30)11-18(3)17(2)10-19-6-8-22(27)24(29)12-19/h4-9,12-14,17-18,27-30H,10-11,15H2,1-3H3. The van der Waals surface area contributed by atoms with Crippen LogP contribution in [0.1, 0.15) is 36.1 Å². The molecule has 4 N–H and O–H groups in total. The van der Waals surface area contributed by atoms with Gasteiger partial charge in [0, 0.05) is 0 Å². The number of benzene rings is 3. The van der Waals surface area contributed by atoms with Crippen LogP contribution in [0, 0.1) is 18.8 Å². The zero-order chi connectivity index (χ0) is 22.5. The van der Waals surface area contributed by atoms with Crippen LogP contribution >= 0.6 is 0 Å². The molecule has 5 heteroatoms. The van der Waals surface area contributed by atoms with Gasteiger partial charge in [0.2, 0.25) is 0 Å². The Morgan fingerprint density at radius 3 is 1.77 bits per heavy atom. The van der Waals surface area contributed by atoms with Gasteiger partial charge in [0.15, 0.2) is 23.0 Å². The number of rotatable bonds is 8. The number of aromatic hydroxyl groups is 4. The van der Waals surface area contributed by atoms with Crippen LogP contribution in [-0.4, -0.2) is 20.4 Å². The van der Waals surface area contributed by atoms with Crippen molar-refractivity contribution in [2.24, 2.45) is 11.8 Å². The number of phenolic OH excluding ortho intramolecular Hbond substituents is 4. The monoisotopic (exact) mass is 422 g/mol. The molecular formula is C26H30O5. The van der Waals surface area contributed by atoms with Crippen molar-refractivity contribution in [3.8, 4) is 28.7 Å². The Kier molecular flexibility index (Phi) is 6.95. The molecule has 0 aliphatic rings. The predicted molar refractivity (Wildman–Crippen MR) is 121 cm³/mol. The van der Waals surface area contributed by atoms with E-state index in [-0.39, 0.29) is 29.6 Å². The van der Waals surface area contributed by atoms with Crippen LogP contribution < -0.4 is 4.74 Å². The third-order valence-corrected chi connectivity index (χ3v) is 5.82. The third-order valence-electron chi connectivity index (χ3n) is 5.82. The highest BCUT2D eigenvalue weighted by atomic mass is 16.5. The van der Waals surface area contributed by atoms with Crippen LogP contribution in [0.5, 0.6) is 28.7 Å². The first-order valence-electron chi connectivity index (χ1n) is 10.5. The van der Waals surface area contributed by atoms with Crippen molar-refractivity contribution in [1.29, 1.82) is 0 Å². The van der Waals surface area contributed by atoms with Gasteiger partial charge in [0.25, 0.3) is 0 Å². The average Bonchev–Trinajstić information content (AvgIpc) is 2.72. The summed E-state index contributed by atoms with van der Waals surface area (Å²) in [6, 6.07) is 15.8. The summed E-state index contributed by atoms with van der Waals surface area (Å²) in [4.78, 5) is 0. The Morgan fingerprint density at radius 1 is 0.645 bits per heavy atom. The molecule has 2 unspecified atom stereocenters. The number of aryl methyl sites for hydroxylation is 1. The molecule has 3 aromatic carbocycles. The molecule has 0 aliphatic carbocycles. The summed E-state index contributed by atoms with van der Waals surface area (Å²) in [5, 5.41) is 39.3. The molecule has 0 spiro atoms. The first-order valence-corrected chi connectivity index (χ1v) is 10.5. The molecule has 0 saturated carbocycles. The summed E-state index contributed by atoms with van der Waals surface area (Å²) in [5.74, 6) is 1.21. The van der Waals surface area contributed by atoms with E-state index in [1.165, 1.54) is 6.07 Å². The fraction of sp³-hybridized carbons (Fsp3) is 0.308. The van der Waals surface area contributed by atoms with Crippen molar-refractivity contribution >= 4 is 0 Å². The molecule has 5 nitrogen and oxygen atoms in total. The Bertz CT molecular complexity index is 1040. The summed E-state index contributed by atoms with van der Waals surface area (Å²) in [6.07, 6.45) is 1.58. The average molecular weight is 423 g/mol. The van der Waals surface area contributed by atoms with E-state index >= 15 is 0 Å². The van der Waals surface area contributed by atoms with Gasteiger partial charge in [-0.3, -0.25) is 0 Å². The van der Waals surface area contributed by atoms with Crippen LogP contribution in [0.4, 0.5) is 0 Å². The Hall–Kier alpha value is -3.34. The SMILES string of the molecule is Cc1ccc(COc2ccc(CC(C)C(C)Cc3ccc(O)c(O)c3)cc2O)cc1O. The smallest absolute Gasteiger partial charge is 0.161 e. The van der Waals surface area contributed by atoms with Gasteiger partial charge in [-0.05, 0) is 84.2 Å². The van der Waals surface area contributed by atoms with Gasteiger partial charge in [-0.2, -0.15) is 0 Å². The zero-order valence-corrected chi connectivity index (χ0v) is 18.2. The summed E-state index contributed by atoms with van der Waals surface area (Å²) in [6.45, 7) is 6.41. The second kappa shape index (κ2) is 9.65. The van der Waals surface area contributed by atoms with Crippen molar-refractivity contribution < 1.29 is 25.2 Å². The van der Waals surface area contributed by atoms with E-state index in [1.54, 1.807) is 24.3 Å². The summed E-state index contributed by atoms with van der Waals surface area (Å²) in [7, 11) is 0. The van der Waals surface area contributed by atoms with Crippen molar-refractivity contribution in [1.82, 2.24) is 0 Å².